The van der Waals surface area contributed by atoms with Gasteiger partial charge in [0.1, 0.15) is 24.9 Å². The topological polar surface area (TPSA) is 118 Å². The number of aromatic nitrogens is 2. The number of hydrogen-bond donors (Lipinski definition) is 3. The number of nitrogens with zero attached hydrogens (tertiary/aromatic N) is 3. The van der Waals surface area contributed by atoms with E-state index in [-0.39, 0.29) is 12.1 Å². The minimum absolute atomic E-state index is 0.179. The van der Waals surface area contributed by atoms with Crippen molar-refractivity contribution in [3.63, 3.8) is 0 Å². The largest absolute Gasteiger partial charge is 0.394 e. The van der Waals surface area contributed by atoms with Gasteiger partial charge in [-0.05, 0) is 17.7 Å². The lowest BCUT2D eigenvalue weighted by Gasteiger charge is -2.18. The molecule has 1 aliphatic heterocycles. The number of aliphatic hydroxyl groups is 3. The fraction of sp³-hybridized carbons (Fsp3) is 0.412. The van der Waals surface area contributed by atoms with Crippen molar-refractivity contribution in [1.29, 1.82) is 0 Å². The molecule has 2 aromatic rings. The Kier molecular flexibility index (Phi) is 5.98. The molecule has 1 fully saturated rings. The van der Waals surface area contributed by atoms with Gasteiger partial charge in [0.2, 0.25) is 0 Å². The van der Waals surface area contributed by atoms with Crippen molar-refractivity contribution in [2.45, 2.75) is 31.1 Å². The van der Waals surface area contributed by atoms with E-state index in [1.807, 2.05) is 6.07 Å². The number of benzene rings is 1. The zero-order chi connectivity index (χ0) is 19.6. The molecule has 0 saturated carbocycles. The van der Waals surface area contributed by atoms with Crippen LogP contribution in [0.4, 0.5) is 0 Å². The summed E-state index contributed by atoms with van der Waals surface area (Å²) in [5.74, 6) is 0. The first-order valence-electron chi connectivity index (χ1n) is 8.23. The van der Waals surface area contributed by atoms with Crippen molar-refractivity contribution in [1.82, 2.24) is 9.13 Å². The van der Waals surface area contributed by atoms with Gasteiger partial charge in [0.25, 0.3) is 0 Å². The van der Waals surface area contributed by atoms with Gasteiger partial charge in [-0.25, -0.2) is 4.79 Å². The van der Waals surface area contributed by atoms with E-state index in [1.54, 1.807) is 18.2 Å². The highest BCUT2D eigenvalue weighted by molar-refractivity contribution is 6.30. The molecule has 3 N–H and O–H groups in total. The zero-order valence-electron chi connectivity index (χ0n) is 14.5. The van der Waals surface area contributed by atoms with Gasteiger partial charge in [-0.2, -0.15) is 0 Å². The van der Waals surface area contributed by atoms with Gasteiger partial charge >= 0.3 is 5.69 Å². The van der Waals surface area contributed by atoms with Crippen LogP contribution in [0, 0.1) is 0 Å². The molecule has 10 heteroatoms. The Morgan fingerprint density at radius 1 is 1.30 bits per heavy atom. The van der Waals surface area contributed by atoms with Gasteiger partial charge in [0.05, 0.1) is 6.61 Å². The van der Waals surface area contributed by atoms with E-state index in [0.717, 1.165) is 10.1 Å². The quantitative estimate of drug-likeness (QED) is 0.584. The minimum Gasteiger partial charge on any atom is -0.394 e. The Morgan fingerprint density at radius 2 is 2.07 bits per heavy atom. The molecule has 2 heterocycles. The van der Waals surface area contributed by atoms with Gasteiger partial charge in [0.15, 0.2) is 11.7 Å². The second-order valence-electron chi connectivity index (χ2n) is 6.15. The van der Waals surface area contributed by atoms with Crippen LogP contribution in [0.1, 0.15) is 11.8 Å². The summed E-state index contributed by atoms with van der Waals surface area (Å²) in [6.07, 6.45) is -3.33. The molecule has 0 aliphatic carbocycles. The Bertz CT molecular complexity index is 927. The molecule has 27 heavy (non-hydrogen) atoms. The smallest absolute Gasteiger partial charge is 0.331 e. The van der Waals surface area contributed by atoms with Crippen molar-refractivity contribution in [3.05, 3.63) is 63.1 Å². The van der Waals surface area contributed by atoms with Crippen molar-refractivity contribution in [3.8, 4) is 0 Å². The average Bonchev–Trinajstić information content (AvgIpc) is 2.93. The Labute approximate surface area is 159 Å². The minimum atomic E-state index is -1.35. The Balaban J connectivity index is 1.80. The SMILES string of the molecule is Cn1c(=NOCc2cccc(Cl)c2)ccn([C@@H]2O[C@H](CO)[C@@H](O)[C@H]2O)c1=O. The molecule has 9 nitrogen and oxygen atoms in total. The molecular weight excluding hydrogens is 378 g/mol. The summed E-state index contributed by atoms with van der Waals surface area (Å²) in [6.45, 7) is -0.293. The van der Waals surface area contributed by atoms with Crippen LogP contribution in [0.5, 0.6) is 0 Å². The van der Waals surface area contributed by atoms with Crippen molar-refractivity contribution < 1.29 is 24.9 Å². The number of halogens is 1. The van der Waals surface area contributed by atoms with Crippen LogP contribution in [-0.2, 0) is 23.2 Å². The third-order valence-corrected chi connectivity index (χ3v) is 4.54. The predicted octanol–water partition coefficient (Wildman–Crippen LogP) is -0.516. The highest BCUT2D eigenvalue weighted by Gasteiger charge is 2.43. The van der Waals surface area contributed by atoms with Crippen LogP contribution < -0.4 is 11.2 Å². The van der Waals surface area contributed by atoms with Crippen molar-refractivity contribution in [2.75, 3.05) is 6.61 Å². The molecule has 0 spiro atoms. The van der Waals surface area contributed by atoms with E-state index >= 15 is 0 Å². The molecule has 3 rings (SSSR count). The van der Waals surface area contributed by atoms with Crippen LogP contribution in [0.2, 0.25) is 5.02 Å². The third-order valence-electron chi connectivity index (χ3n) is 4.31. The first-order chi connectivity index (χ1) is 12.9. The second kappa shape index (κ2) is 8.24. The number of rotatable bonds is 5. The first-order valence-corrected chi connectivity index (χ1v) is 8.61. The van der Waals surface area contributed by atoms with Crippen LogP contribution >= 0.6 is 11.6 Å². The Hall–Kier alpha value is -2.17. The number of ether oxygens (including phenoxy) is 1. The van der Waals surface area contributed by atoms with Gasteiger partial charge in [-0.1, -0.05) is 28.9 Å². The Morgan fingerprint density at radius 3 is 2.74 bits per heavy atom. The summed E-state index contributed by atoms with van der Waals surface area (Å²) in [6, 6.07) is 8.63. The van der Waals surface area contributed by atoms with Crippen molar-refractivity contribution >= 4 is 11.6 Å². The molecule has 1 aliphatic rings. The molecule has 1 aromatic heterocycles. The van der Waals surface area contributed by atoms with Crippen LogP contribution in [0.15, 0.2) is 46.5 Å². The third kappa shape index (κ3) is 4.07. The lowest BCUT2D eigenvalue weighted by molar-refractivity contribution is -0.0555. The fourth-order valence-corrected chi connectivity index (χ4v) is 3.00. The molecule has 0 bridgehead atoms. The molecular formula is C17H20ClN3O6. The highest BCUT2D eigenvalue weighted by atomic mass is 35.5. The maximum atomic E-state index is 12.6. The first kappa shape index (κ1) is 19.6. The summed E-state index contributed by atoms with van der Waals surface area (Å²) in [5.41, 5.74) is 0.552. The fourth-order valence-electron chi connectivity index (χ4n) is 2.79. The van der Waals surface area contributed by atoms with E-state index in [0.29, 0.717) is 5.02 Å². The van der Waals surface area contributed by atoms with E-state index in [4.69, 9.17) is 26.3 Å². The molecule has 146 valence electrons. The predicted molar refractivity (Wildman–Crippen MR) is 94.5 cm³/mol. The molecule has 1 saturated heterocycles. The lowest BCUT2D eigenvalue weighted by atomic mass is 10.1. The van der Waals surface area contributed by atoms with Crippen LogP contribution in [-0.4, -0.2) is 49.4 Å². The summed E-state index contributed by atoms with van der Waals surface area (Å²) >= 11 is 5.91. The molecule has 0 radical (unpaired) electrons. The van der Waals surface area contributed by atoms with E-state index in [2.05, 4.69) is 5.16 Å². The standard InChI is InChI=1S/C17H20ClN3O6/c1-20-13(19-26-9-10-3-2-4-11(18)7-10)5-6-21(17(20)25)16-15(24)14(23)12(8-22)27-16/h2-7,12,14-16,22-24H,8-9H2,1H3/t12-,14-,15-,16-/m1/s1. The summed E-state index contributed by atoms with van der Waals surface area (Å²) in [4.78, 5) is 17.8. The van der Waals surface area contributed by atoms with E-state index in [1.165, 1.54) is 23.9 Å². The summed E-state index contributed by atoms with van der Waals surface area (Å²) in [7, 11) is 1.49. The molecule has 4 atom stereocenters. The number of aliphatic hydroxyl groups excluding tert-OH is 3. The van der Waals surface area contributed by atoms with Crippen LogP contribution in [0.3, 0.4) is 0 Å². The zero-order valence-corrected chi connectivity index (χ0v) is 15.2. The van der Waals surface area contributed by atoms with Gasteiger partial charge in [-0.3, -0.25) is 9.13 Å². The highest BCUT2D eigenvalue weighted by Crippen LogP contribution is 2.27. The van der Waals surface area contributed by atoms with E-state index < -0.39 is 36.8 Å². The molecule has 0 unspecified atom stereocenters. The maximum Gasteiger partial charge on any atom is 0.331 e. The maximum absolute atomic E-state index is 12.6. The molecule has 1 aromatic carbocycles. The monoisotopic (exact) mass is 397 g/mol. The summed E-state index contributed by atoms with van der Waals surface area (Å²) < 4.78 is 7.71. The second-order valence-corrected chi connectivity index (χ2v) is 6.58. The van der Waals surface area contributed by atoms with Gasteiger partial charge < -0.3 is 24.9 Å². The van der Waals surface area contributed by atoms with Crippen molar-refractivity contribution in [2.24, 2.45) is 12.2 Å². The normalized spacial score (nSPS) is 25.7. The van der Waals surface area contributed by atoms with Crippen LogP contribution in [0.25, 0.3) is 0 Å². The number of hydrogen-bond acceptors (Lipinski definition) is 7. The lowest BCUT2D eigenvalue weighted by Crippen LogP contribution is -2.42. The average molecular weight is 398 g/mol. The van der Waals surface area contributed by atoms with Gasteiger partial charge in [0, 0.05) is 24.3 Å². The van der Waals surface area contributed by atoms with E-state index in [9.17, 15) is 15.0 Å². The van der Waals surface area contributed by atoms with Gasteiger partial charge in [-0.15, -0.1) is 0 Å². The summed E-state index contributed by atoms with van der Waals surface area (Å²) in [5, 5.41) is 33.6. The molecule has 0 amide bonds.